The Bertz CT molecular complexity index is 321. The standard InChI is InChI=1S/C8H13N3S/c1-8(3-2-4-8)5-11-6-9-10-7(11)12/h6H,2-5H2,1H3,(H,10,12). The molecule has 0 spiro atoms. The van der Waals surface area contributed by atoms with Gasteiger partial charge in [-0.2, -0.15) is 5.10 Å². The number of aromatic nitrogens is 3. The first-order chi connectivity index (χ1) is 5.70. The number of rotatable bonds is 2. The summed E-state index contributed by atoms with van der Waals surface area (Å²) in [4.78, 5) is 0. The van der Waals surface area contributed by atoms with E-state index in [4.69, 9.17) is 12.2 Å². The summed E-state index contributed by atoms with van der Waals surface area (Å²) in [5, 5.41) is 6.67. The average molecular weight is 183 g/mol. The second kappa shape index (κ2) is 2.69. The molecule has 0 aliphatic heterocycles. The third kappa shape index (κ3) is 1.31. The Morgan fingerprint density at radius 3 is 2.92 bits per heavy atom. The van der Waals surface area contributed by atoms with Gasteiger partial charge in [-0.25, -0.2) is 0 Å². The van der Waals surface area contributed by atoms with Gasteiger partial charge in [-0.3, -0.25) is 5.10 Å². The van der Waals surface area contributed by atoms with Crippen molar-refractivity contribution in [2.24, 2.45) is 5.41 Å². The van der Waals surface area contributed by atoms with Crippen LogP contribution >= 0.6 is 12.2 Å². The van der Waals surface area contributed by atoms with E-state index in [1.165, 1.54) is 19.3 Å². The van der Waals surface area contributed by atoms with Crippen molar-refractivity contribution >= 4 is 12.2 Å². The number of aromatic amines is 1. The first-order valence-corrected chi connectivity index (χ1v) is 4.70. The predicted molar refractivity (Wildman–Crippen MR) is 49.4 cm³/mol. The summed E-state index contributed by atoms with van der Waals surface area (Å²) >= 11 is 5.07. The van der Waals surface area contributed by atoms with E-state index < -0.39 is 0 Å². The van der Waals surface area contributed by atoms with E-state index in [-0.39, 0.29) is 0 Å². The molecule has 1 N–H and O–H groups in total. The zero-order chi connectivity index (χ0) is 8.60. The van der Waals surface area contributed by atoms with Crippen LogP contribution in [0, 0.1) is 10.2 Å². The van der Waals surface area contributed by atoms with Crippen LogP contribution in [0.4, 0.5) is 0 Å². The van der Waals surface area contributed by atoms with Crippen molar-refractivity contribution in [3.8, 4) is 0 Å². The number of hydrogen-bond acceptors (Lipinski definition) is 2. The Morgan fingerprint density at radius 2 is 2.50 bits per heavy atom. The van der Waals surface area contributed by atoms with Gasteiger partial charge in [-0.05, 0) is 30.5 Å². The molecule has 4 heteroatoms. The first kappa shape index (κ1) is 7.98. The molecule has 12 heavy (non-hydrogen) atoms. The summed E-state index contributed by atoms with van der Waals surface area (Å²) in [6.45, 7) is 3.33. The highest BCUT2D eigenvalue weighted by atomic mass is 32.1. The maximum atomic E-state index is 5.07. The van der Waals surface area contributed by atoms with Crippen molar-refractivity contribution in [2.45, 2.75) is 32.7 Å². The van der Waals surface area contributed by atoms with Gasteiger partial charge in [0.25, 0.3) is 0 Å². The van der Waals surface area contributed by atoms with Gasteiger partial charge >= 0.3 is 0 Å². The molecule has 1 aromatic heterocycles. The van der Waals surface area contributed by atoms with E-state index in [0.29, 0.717) is 5.41 Å². The third-order valence-corrected chi connectivity index (χ3v) is 3.06. The van der Waals surface area contributed by atoms with Gasteiger partial charge in [-0.15, -0.1) is 0 Å². The van der Waals surface area contributed by atoms with Gasteiger partial charge in [-0.1, -0.05) is 13.3 Å². The fourth-order valence-electron chi connectivity index (χ4n) is 1.73. The lowest BCUT2D eigenvalue weighted by Crippen LogP contribution is -2.30. The monoisotopic (exact) mass is 183 g/mol. The minimum absolute atomic E-state index is 0.474. The largest absolute Gasteiger partial charge is 0.306 e. The zero-order valence-electron chi connectivity index (χ0n) is 7.21. The van der Waals surface area contributed by atoms with Crippen LogP contribution in [0.2, 0.25) is 0 Å². The van der Waals surface area contributed by atoms with Crippen LogP contribution in [-0.4, -0.2) is 14.8 Å². The highest BCUT2D eigenvalue weighted by Gasteiger charge is 2.32. The van der Waals surface area contributed by atoms with Crippen LogP contribution in [0.15, 0.2) is 6.33 Å². The Labute approximate surface area is 76.8 Å². The van der Waals surface area contributed by atoms with E-state index in [2.05, 4.69) is 17.1 Å². The molecule has 1 aliphatic carbocycles. The molecule has 1 fully saturated rings. The second-order valence-electron chi connectivity index (χ2n) is 3.95. The van der Waals surface area contributed by atoms with Gasteiger partial charge in [0, 0.05) is 6.54 Å². The maximum Gasteiger partial charge on any atom is 0.194 e. The van der Waals surface area contributed by atoms with Gasteiger partial charge in [0.1, 0.15) is 6.33 Å². The zero-order valence-corrected chi connectivity index (χ0v) is 8.02. The van der Waals surface area contributed by atoms with Gasteiger partial charge in [0.2, 0.25) is 0 Å². The van der Waals surface area contributed by atoms with Crippen molar-refractivity contribution in [3.05, 3.63) is 11.1 Å². The molecular formula is C8H13N3S. The van der Waals surface area contributed by atoms with Crippen LogP contribution < -0.4 is 0 Å². The molecule has 0 aromatic carbocycles. The fourth-order valence-corrected chi connectivity index (χ4v) is 1.90. The highest BCUT2D eigenvalue weighted by Crippen LogP contribution is 2.41. The quantitative estimate of drug-likeness (QED) is 0.713. The molecule has 1 aromatic rings. The van der Waals surface area contributed by atoms with Crippen molar-refractivity contribution in [3.63, 3.8) is 0 Å². The summed E-state index contributed by atoms with van der Waals surface area (Å²) < 4.78 is 2.76. The Hall–Kier alpha value is -0.640. The fraction of sp³-hybridized carbons (Fsp3) is 0.750. The van der Waals surface area contributed by atoms with E-state index in [9.17, 15) is 0 Å². The molecule has 66 valence electrons. The molecular weight excluding hydrogens is 170 g/mol. The molecule has 0 bridgehead atoms. The maximum absolute atomic E-state index is 5.07. The highest BCUT2D eigenvalue weighted by molar-refractivity contribution is 7.71. The van der Waals surface area contributed by atoms with E-state index in [0.717, 1.165) is 11.3 Å². The molecule has 0 atom stereocenters. The summed E-state index contributed by atoms with van der Waals surface area (Å²) in [5.74, 6) is 0. The minimum Gasteiger partial charge on any atom is -0.306 e. The van der Waals surface area contributed by atoms with Crippen LogP contribution in [0.25, 0.3) is 0 Å². The van der Waals surface area contributed by atoms with Gasteiger partial charge < -0.3 is 4.57 Å². The van der Waals surface area contributed by atoms with Crippen LogP contribution in [0.5, 0.6) is 0 Å². The molecule has 0 amide bonds. The molecule has 1 heterocycles. The first-order valence-electron chi connectivity index (χ1n) is 4.29. The van der Waals surface area contributed by atoms with Crippen molar-refractivity contribution < 1.29 is 0 Å². The SMILES string of the molecule is CC1(Cn2cn[nH]c2=S)CCC1. The van der Waals surface area contributed by atoms with E-state index in [1.54, 1.807) is 6.33 Å². The van der Waals surface area contributed by atoms with Crippen LogP contribution in [0.3, 0.4) is 0 Å². The number of nitrogens with one attached hydrogen (secondary N) is 1. The summed E-state index contributed by atoms with van der Waals surface area (Å²) in [6, 6.07) is 0. The minimum atomic E-state index is 0.474. The molecule has 3 nitrogen and oxygen atoms in total. The molecule has 2 rings (SSSR count). The molecule has 0 unspecified atom stereocenters. The number of hydrogen-bond donors (Lipinski definition) is 1. The lowest BCUT2D eigenvalue weighted by molar-refractivity contribution is 0.131. The smallest absolute Gasteiger partial charge is 0.194 e. The van der Waals surface area contributed by atoms with Crippen molar-refractivity contribution in [1.82, 2.24) is 14.8 Å². The summed E-state index contributed by atoms with van der Waals surface area (Å²) in [7, 11) is 0. The summed E-state index contributed by atoms with van der Waals surface area (Å²) in [6.07, 6.45) is 5.79. The normalized spacial score (nSPS) is 20.4. The van der Waals surface area contributed by atoms with Crippen LogP contribution in [-0.2, 0) is 6.54 Å². The number of nitrogens with zero attached hydrogens (tertiary/aromatic N) is 2. The second-order valence-corrected chi connectivity index (χ2v) is 4.34. The Balaban J connectivity index is 2.13. The van der Waals surface area contributed by atoms with Crippen molar-refractivity contribution in [2.75, 3.05) is 0 Å². The third-order valence-electron chi connectivity index (χ3n) is 2.73. The molecule has 1 aliphatic rings. The lowest BCUT2D eigenvalue weighted by atomic mass is 9.70. The lowest BCUT2D eigenvalue weighted by Gasteiger charge is -2.38. The van der Waals surface area contributed by atoms with Gasteiger partial charge in [0.05, 0.1) is 0 Å². The van der Waals surface area contributed by atoms with E-state index in [1.807, 2.05) is 4.57 Å². The van der Waals surface area contributed by atoms with Crippen molar-refractivity contribution in [1.29, 1.82) is 0 Å². The molecule has 0 radical (unpaired) electrons. The Kier molecular flexibility index (Phi) is 1.79. The molecule has 0 saturated heterocycles. The van der Waals surface area contributed by atoms with Gasteiger partial charge in [0.15, 0.2) is 4.77 Å². The molecule has 1 saturated carbocycles. The predicted octanol–water partition coefficient (Wildman–Crippen LogP) is 2.13. The van der Waals surface area contributed by atoms with Crippen LogP contribution in [0.1, 0.15) is 26.2 Å². The average Bonchev–Trinajstić information content (AvgIpc) is 2.34. The van der Waals surface area contributed by atoms with E-state index >= 15 is 0 Å². The Morgan fingerprint density at radius 1 is 1.75 bits per heavy atom. The summed E-state index contributed by atoms with van der Waals surface area (Å²) in [5.41, 5.74) is 0.474. The number of H-pyrrole nitrogens is 1. The topological polar surface area (TPSA) is 33.6 Å².